The van der Waals surface area contributed by atoms with Gasteiger partial charge >= 0.3 is 5.97 Å². The van der Waals surface area contributed by atoms with Crippen LogP contribution in [0.3, 0.4) is 0 Å². The number of fused-ring (bicyclic) bond motifs is 6. The van der Waals surface area contributed by atoms with Crippen LogP contribution >= 0.6 is 0 Å². The quantitative estimate of drug-likeness (QED) is 0.112. The Hall–Kier alpha value is -1.15. The Morgan fingerprint density at radius 1 is 0.913 bits per heavy atom. The summed E-state index contributed by atoms with van der Waals surface area (Å²) >= 11 is 0. The molecule has 0 aromatic rings. The molecule has 3 heterocycles. The van der Waals surface area contributed by atoms with E-state index in [4.69, 9.17) is 18.9 Å². The van der Waals surface area contributed by atoms with Gasteiger partial charge in [-0.2, -0.15) is 0 Å². The lowest BCUT2D eigenvalue weighted by Crippen LogP contribution is -2.75. The minimum absolute atomic E-state index is 0.0296. The second-order valence-electron chi connectivity index (χ2n) is 17.2. The summed E-state index contributed by atoms with van der Waals surface area (Å²) < 4.78 is 25.7. The highest BCUT2D eigenvalue weighted by molar-refractivity contribution is 5.82. The molecule has 0 amide bonds. The van der Waals surface area contributed by atoms with Crippen LogP contribution in [0.15, 0.2) is 12.2 Å². The molecule has 6 N–H and O–H groups in total. The topological polar surface area (TPSA) is 179 Å². The fourth-order valence-corrected chi connectivity index (χ4v) is 13.3. The summed E-state index contributed by atoms with van der Waals surface area (Å²) in [5.74, 6) is -0.268. The number of ether oxygens (including phenoxy) is 4. The van der Waals surface area contributed by atoms with Gasteiger partial charge < -0.3 is 49.6 Å². The Kier molecular flexibility index (Phi) is 6.80. The second-order valence-corrected chi connectivity index (χ2v) is 17.2. The first kappa shape index (κ1) is 32.1. The summed E-state index contributed by atoms with van der Waals surface area (Å²) in [6, 6.07) is 0. The maximum atomic E-state index is 14.4. The highest BCUT2D eigenvalue weighted by Gasteiger charge is 2.89. The van der Waals surface area contributed by atoms with Crippen molar-refractivity contribution in [2.75, 3.05) is 6.61 Å². The first-order valence-corrected chi connectivity index (χ1v) is 17.4. The van der Waals surface area contributed by atoms with Gasteiger partial charge in [0.1, 0.15) is 36.6 Å². The third kappa shape index (κ3) is 3.48. The van der Waals surface area contributed by atoms with Gasteiger partial charge in [0, 0.05) is 11.3 Å². The fourth-order valence-electron chi connectivity index (χ4n) is 13.3. The summed E-state index contributed by atoms with van der Waals surface area (Å²) in [6.07, 6.45) is -5.63. The van der Waals surface area contributed by atoms with Crippen LogP contribution in [0.2, 0.25) is 0 Å². The van der Waals surface area contributed by atoms with E-state index in [0.717, 1.165) is 24.8 Å². The first-order chi connectivity index (χ1) is 21.5. The maximum absolute atomic E-state index is 14.4. The second kappa shape index (κ2) is 9.75. The standard InChI is InChI=1S/C35H52O11/c1-14-15(2)26-34(12-19(14)43-29-24(41)23(40)22(39)20(13-36)44-29)10-9-33(6)32(5)8-7-17-16(3)21(38)18(37)11-31(17,4)27(32)25-28(45-25)35(26,33)46-30(34)42/h14-15,17-29,36-41H,3,7-13H2,1-2,4-6H3/t14-,15-,17-,18+,19+,20-,21+,22-,23+,24-,25-,26+,27+,28-,29-,31-,32+,33-,34+,35+/m0/s1. The van der Waals surface area contributed by atoms with Crippen molar-refractivity contribution in [2.24, 2.45) is 51.2 Å². The average molecular weight is 649 g/mol. The Morgan fingerprint density at radius 2 is 1.63 bits per heavy atom. The van der Waals surface area contributed by atoms with Crippen LogP contribution in [0.25, 0.3) is 0 Å². The van der Waals surface area contributed by atoms with Gasteiger partial charge in [0.25, 0.3) is 0 Å². The monoisotopic (exact) mass is 648 g/mol. The number of carbonyl (C=O) groups is 1. The van der Waals surface area contributed by atoms with Crippen molar-refractivity contribution in [1.82, 2.24) is 0 Å². The van der Waals surface area contributed by atoms with Crippen LogP contribution in [0.1, 0.15) is 73.1 Å². The molecule has 0 aromatic carbocycles. The van der Waals surface area contributed by atoms with Crippen molar-refractivity contribution in [3.05, 3.63) is 12.2 Å². The van der Waals surface area contributed by atoms with Crippen LogP contribution in [0.4, 0.5) is 0 Å². The van der Waals surface area contributed by atoms with Gasteiger partial charge in [-0.3, -0.25) is 4.79 Å². The molecule has 11 heteroatoms. The molecule has 20 atom stereocenters. The van der Waals surface area contributed by atoms with Gasteiger partial charge in [0.05, 0.1) is 30.3 Å². The van der Waals surface area contributed by atoms with Crippen LogP contribution in [-0.4, -0.2) is 110 Å². The molecule has 5 saturated carbocycles. The van der Waals surface area contributed by atoms with Crippen LogP contribution in [0, 0.1) is 51.2 Å². The first-order valence-electron chi connectivity index (χ1n) is 17.4. The summed E-state index contributed by atoms with van der Waals surface area (Å²) in [5.41, 5.74) is -1.90. The number of aliphatic hydroxyl groups excluding tert-OH is 6. The average Bonchev–Trinajstić information content (AvgIpc) is 3.76. The highest BCUT2D eigenvalue weighted by Crippen LogP contribution is 2.83. The number of carbonyl (C=O) groups excluding carboxylic acids is 1. The number of esters is 1. The molecule has 3 aliphatic heterocycles. The van der Waals surface area contributed by atoms with E-state index in [-0.39, 0.29) is 58.6 Å². The lowest BCUT2D eigenvalue weighted by Gasteiger charge is -2.71. The minimum Gasteiger partial charge on any atom is -0.455 e. The molecule has 8 fully saturated rings. The zero-order valence-corrected chi connectivity index (χ0v) is 27.5. The molecular formula is C35H52O11. The van der Waals surface area contributed by atoms with E-state index in [2.05, 4.69) is 41.2 Å². The van der Waals surface area contributed by atoms with Gasteiger partial charge in [-0.15, -0.1) is 0 Å². The molecule has 0 unspecified atom stereocenters. The van der Waals surface area contributed by atoms with Crippen molar-refractivity contribution < 1.29 is 54.4 Å². The molecule has 3 saturated heterocycles. The Morgan fingerprint density at radius 3 is 2.33 bits per heavy atom. The molecule has 11 nitrogen and oxygen atoms in total. The number of aliphatic hydroxyl groups is 6. The SMILES string of the molecule is C=C1[C@@H](O)[C@H](O)C[C@]2(C)[C@H]3[C@@H]4O[C@@H]4[C@@]45OC(=O)[C@]6(CC[C@@]4(C)[C@]3(C)CC[C@@H]12)C[C@@H](O[C@H]1O[C@@H](CO)[C@H](O)[C@@H](O)[C@@H]1O)[C@@H](C)[C@H](C)[C@H]65. The van der Waals surface area contributed by atoms with Crippen molar-refractivity contribution in [2.45, 2.75) is 140 Å². The number of rotatable bonds is 3. The van der Waals surface area contributed by atoms with Crippen LogP contribution in [-0.2, 0) is 23.7 Å². The predicted octanol–water partition coefficient (Wildman–Crippen LogP) is 1.05. The summed E-state index contributed by atoms with van der Waals surface area (Å²) in [5, 5.41) is 62.9. The molecule has 5 aliphatic carbocycles. The van der Waals surface area contributed by atoms with Crippen molar-refractivity contribution in [3.8, 4) is 0 Å². The predicted molar refractivity (Wildman–Crippen MR) is 161 cm³/mol. The summed E-state index contributed by atoms with van der Waals surface area (Å²) in [6.45, 7) is 14.9. The van der Waals surface area contributed by atoms with E-state index in [1.165, 1.54) is 0 Å². The maximum Gasteiger partial charge on any atom is 0.313 e. The molecule has 8 rings (SSSR count). The third-order valence-corrected chi connectivity index (χ3v) is 15.8. The Labute approximate surface area is 270 Å². The van der Waals surface area contributed by atoms with Gasteiger partial charge in [0.15, 0.2) is 11.9 Å². The largest absolute Gasteiger partial charge is 0.455 e. The Balaban J connectivity index is 1.15. The van der Waals surface area contributed by atoms with E-state index in [0.29, 0.717) is 19.3 Å². The fraction of sp³-hybridized carbons (Fsp3) is 0.914. The van der Waals surface area contributed by atoms with Gasteiger partial charge in [-0.1, -0.05) is 41.2 Å². The van der Waals surface area contributed by atoms with Gasteiger partial charge in [0.2, 0.25) is 0 Å². The van der Waals surface area contributed by atoms with Crippen molar-refractivity contribution in [1.29, 1.82) is 0 Å². The lowest BCUT2D eigenvalue weighted by molar-refractivity contribution is -0.325. The highest BCUT2D eigenvalue weighted by atomic mass is 16.7. The van der Waals surface area contributed by atoms with Crippen molar-refractivity contribution >= 4 is 5.97 Å². The zero-order chi connectivity index (χ0) is 33.1. The van der Waals surface area contributed by atoms with Gasteiger partial charge in [-0.05, 0) is 78.6 Å². The number of hydrogen-bond donors (Lipinski definition) is 6. The number of hydrogen-bond acceptors (Lipinski definition) is 11. The lowest BCUT2D eigenvalue weighted by atomic mass is 9.31. The van der Waals surface area contributed by atoms with Gasteiger partial charge in [-0.25, -0.2) is 0 Å². The van der Waals surface area contributed by atoms with E-state index < -0.39 is 72.1 Å². The normalized spacial score (nSPS) is 63.5. The summed E-state index contributed by atoms with van der Waals surface area (Å²) in [4.78, 5) is 14.4. The molecule has 1 spiro atoms. The minimum atomic E-state index is -1.55. The van der Waals surface area contributed by atoms with Crippen LogP contribution < -0.4 is 0 Å². The summed E-state index contributed by atoms with van der Waals surface area (Å²) in [7, 11) is 0. The molecule has 46 heavy (non-hydrogen) atoms. The zero-order valence-electron chi connectivity index (χ0n) is 27.5. The molecule has 0 aromatic heterocycles. The van der Waals surface area contributed by atoms with E-state index in [1.54, 1.807) is 0 Å². The van der Waals surface area contributed by atoms with Crippen molar-refractivity contribution in [3.63, 3.8) is 0 Å². The molecule has 0 radical (unpaired) electrons. The molecule has 258 valence electrons. The smallest absolute Gasteiger partial charge is 0.313 e. The molecule has 2 bridgehead atoms. The van der Waals surface area contributed by atoms with E-state index in [1.807, 2.05) is 0 Å². The molecular weight excluding hydrogens is 596 g/mol. The number of epoxide rings is 1. The Bertz CT molecular complexity index is 1320. The third-order valence-electron chi connectivity index (χ3n) is 15.8. The van der Waals surface area contributed by atoms with Crippen LogP contribution in [0.5, 0.6) is 0 Å². The van der Waals surface area contributed by atoms with E-state index in [9.17, 15) is 35.4 Å². The van der Waals surface area contributed by atoms with E-state index >= 15 is 0 Å². The molecule has 8 aliphatic rings.